The molecule has 2 rings (SSSR count). The number of rotatable bonds is 5. The molecule has 0 amide bonds. The molecule has 1 aliphatic heterocycles. The van der Waals surface area contributed by atoms with Crippen LogP contribution in [0, 0.1) is 0 Å². The van der Waals surface area contributed by atoms with E-state index in [0.29, 0.717) is 24.1 Å². The zero-order chi connectivity index (χ0) is 15.3. The van der Waals surface area contributed by atoms with Gasteiger partial charge in [0, 0.05) is 31.0 Å². The van der Waals surface area contributed by atoms with Gasteiger partial charge in [0.25, 0.3) is 0 Å². The maximum atomic E-state index is 6.19. The Morgan fingerprint density at radius 2 is 2.24 bits per heavy atom. The van der Waals surface area contributed by atoms with E-state index in [0.717, 1.165) is 25.0 Å². The second-order valence-corrected chi connectivity index (χ2v) is 6.92. The lowest BCUT2D eigenvalue weighted by Crippen LogP contribution is -2.35. The summed E-state index contributed by atoms with van der Waals surface area (Å²) >= 11 is 6.19. The molecule has 1 aliphatic rings. The van der Waals surface area contributed by atoms with E-state index >= 15 is 0 Å². The van der Waals surface area contributed by atoms with E-state index in [1.54, 1.807) is 6.20 Å². The third-order valence-electron chi connectivity index (χ3n) is 3.41. The first kappa shape index (κ1) is 16.5. The van der Waals surface area contributed by atoms with Crippen LogP contribution in [0.5, 0.6) is 5.88 Å². The Hall–Kier alpha value is -0.840. The normalized spacial score (nSPS) is 19.5. The monoisotopic (exact) mass is 312 g/mol. The molecule has 1 fully saturated rings. The number of nitrogens with zero attached hydrogens (tertiary/aromatic N) is 1. The van der Waals surface area contributed by atoms with Gasteiger partial charge in [0.05, 0.1) is 11.1 Å². The number of hydrogen-bond donors (Lipinski definition) is 1. The van der Waals surface area contributed by atoms with Gasteiger partial charge in [-0.3, -0.25) is 0 Å². The van der Waals surface area contributed by atoms with Gasteiger partial charge < -0.3 is 14.8 Å². The molecule has 0 saturated carbocycles. The molecule has 118 valence electrons. The number of ether oxygens (including phenoxy) is 2. The smallest absolute Gasteiger partial charge is 0.213 e. The molecule has 1 atom stereocenters. The third-order valence-corrected chi connectivity index (χ3v) is 3.75. The molecule has 0 aromatic carbocycles. The molecule has 0 bridgehead atoms. The van der Waals surface area contributed by atoms with Gasteiger partial charge in [0.2, 0.25) is 5.88 Å². The van der Waals surface area contributed by atoms with E-state index in [-0.39, 0.29) is 11.6 Å². The molecule has 1 N–H and O–H groups in total. The number of halogens is 1. The highest BCUT2D eigenvalue weighted by molar-refractivity contribution is 6.31. The Balaban J connectivity index is 1.91. The first-order chi connectivity index (χ1) is 9.94. The standard InChI is InChI=1S/C16H25ClN2O2/c1-16(2,3)19-9-12-8-15(18-10-14(12)17)21-11-13-6-4-5-7-20-13/h8,10,13,19H,4-7,9,11H2,1-3H3. The summed E-state index contributed by atoms with van der Waals surface area (Å²) in [5.41, 5.74) is 1.05. The van der Waals surface area contributed by atoms with Gasteiger partial charge in [-0.15, -0.1) is 0 Å². The minimum absolute atomic E-state index is 0.0452. The minimum Gasteiger partial charge on any atom is -0.475 e. The second kappa shape index (κ2) is 7.43. The fraction of sp³-hybridized carbons (Fsp3) is 0.688. The van der Waals surface area contributed by atoms with Crippen molar-refractivity contribution in [3.63, 3.8) is 0 Å². The van der Waals surface area contributed by atoms with E-state index in [4.69, 9.17) is 21.1 Å². The summed E-state index contributed by atoms with van der Waals surface area (Å²) in [5, 5.41) is 4.08. The molecule has 1 saturated heterocycles. The van der Waals surface area contributed by atoms with E-state index in [1.807, 2.05) is 6.07 Å². The van der Waals surface area contributed by atoms with E-state index in [2.05, 4.69) is 31.1 Å². The molecule has 5 heteroatoms. The largest absolute Gasteiger partial charge is 0.475 e. The third kappa shape index (κ3) is 5.81. The van der Waals surface area contributed by atoms with Gasteiger partial charge in [-0.25, -0.2) is 4.98 Å². The number of aromatic nitrogens is 1. The fourth-order valence-corrected chi connectivity index (χ4v) is 2.32. The van der Waals surface area contributed by atoms with Gasteiger partial charge in [0.1, 0.15) is 6.61 Å². The molecular weight excluding hydrogens is 288 g/mol. The van der Waals surface area contributed by atoms with Crippen molar-refractivity contribution in [3.8, 4) is 5.88 Å². The lowest BCUT2D eigenvalue weighted by Gasteiger charge is -2.23. The lowest BCUT2D eigenvalue weighted by molar-refractivity contribution is -0.0119. The van der Waals surface area contributed by atoms with Crippen LogP contribution in [0.2, 0.25) is 5.02 Å². The number of hydrogen-bond acceptors (Lipinski definition) is 4. The zero-order valence-electron chi connectivity index (χ0n) is 13.1. The average Bonchev–Trinajstić information content (AvgIpc) is 2.45. The molecule has 0 spiro atoms. The maximum Gasteiger partial charge on any atom is 0.213 e. The van der Waals surface area contributed by atoms with Crippen LogP contribution in [0.15, 0.2) is 12.3 Å². The Kier molecular flexibility index (Phi) is 5.85. The Bertz CT molecular complexity index is 454. The summed E-state index contributed by atoms with van der Waals surface area (Å²) in [6.07, 6.45) is 5.26. The Labute approximate surface area is 132 Å². The van der Waals surface area contributed by atoms with Gasteiger partial charge in [-0.05, 0) is 45.6 Å². The number of pyridine rings is 1. The zero-order valence-corrected chi connectivity index (χ0v) is 13.9. The van der Waals surface area contributed by atoms with E-state index in [1.165, 1.54) is 6.42 Å². The van der Waals surface area contributed by atoms with Gasteiger partial charge in [-0.2, -0.15) is 0 Å². The lowest BCUT2D eigenvalue weighted by atomic mass is 10.1. The van der Waals surface area contributed by atoms with Crippen LogP contribution in [-0.2, 0) is 11.3 Å². The highest BCUT2D eigenvalue weighted by Crippen LogP contribution is 2.21. The van der Waals surface area contributed by atoms with Crippen LogP contribution in [0.4, 0.5) is 0 Å². The molecule has 1 aromatic heterocycles. The molecule has 1 unspecified atom stereocenters. The Morgan fingerprint density at radius 1 is 1.43 bits per heavy atom. The molecule has 0 aliphatic carbocycles. The van der Waals surface area contributed by atoms with Crippen molar-refractivity contribution in [3.05, 3.63) is 22.8 Å². The fourth-order valence-electron chi connectivity index (χ4n) is 2.15. The van der Waals surface area contributed by atoms with Gasteiger partial charge in [-0.1, -0.05) is 11.6 Å². The summed E-state index contributed by atoms with van der Waals surface area (Å²) in [5.74, 6) is 0.610. The second-order valence-electron chi connectivity index (χ2n) is 6.52. The van der Waals surface area contributed by atoms with Crippen LogP contribution in [0.1, 0.15) is 45.6 Å². The Morgan fingerprint density at radius 3 is 2.90 bits per heavy atom. The van der Waals surface area contributed by atoms with Crippen LogP contribution in [-0.4, -0.2) is 29.8 Å². The highest BCUT2D eigenvalue weighted by atomic mass is 35.5. The van der Waals surface area contributed by atoms with Crippen LogP contribution >= 0.6 is 11.6 Å². The highest BCUT2D eigenvalue weighted by Gasteiger charge is 2.15. The average molecular weight is 313 g/mol. The molecular formula is C16H25ClN2O2. The summed E-state index contributed by atoms with van der Waals surface area (Å²) in [6, 6.07) is 1.91. The van der Waals surface area contributed by atoms with Crippen molar-refractivity contribution in [1.29, 1.82) is 0 Å². The van der Waals surface area contributed by atoms with Gasteiger partial charge >= 0.3 is 0 Å². The quantitative estimate of drug-likeness (QED) is 0.902. The molecule has 1 aromatic rings. The van der Waals surface area contributed by atoms with Crippen LogP contribution in [0.25, 0.3) is 0 Å². The summed E-state index contributed by atoms with van der Waals surface area (Å²) in [6.45, 7) is 8.46. The van der Waals surface area contributed by atoms with Crippen molar-refractivity contribution in [1.82, 2.24) is 10.3 Å². The number of nitrogens with one attached hydrogen (secondary N) is 1. The van der Waals surface area contributed by atoms with Crippen LogP contribution < -0.4 is 10.1 Å². The minimum atomic E-state index is 0.0452. The molecule has 21 heavy (non-hydrogen) atoms. The molecule has 2 heterocycles. The first-order valence-electron chi connectivity index (χ1n) is 7.58. The summed E-state index contributed by atoms with van der Waals surface area (Å²) < 4.78 is 11.4. The predicted octanol–water partition coefficient (Wildman–Crippen LogP) is 3.57. The maximum absolute atomic E-state index is 6.19. The summed E-state index contributed by atoms with van der Waals surface area (Å²) in [4.78, 5) is 4.23. The van der Waals surface area contributed by atoms with E-state index < -0.39 is 0 Å². The summed E-state index contributed by atoms with van der Waals surface area (Å²) in [7, 11) is 0. The molecule has 0 radical (unpaired) electrons. The van der Waals surface area contributed by atoms with Crippen molar-refractivity contribution in [2.45, 2.75) is 58.2 Å². The van der Waals surface area contributed by atoms with E-state index in [9.17, 15) is 0 Å². The predicted molar refractivity (Wildman–Crippen MR) is 84.9 cm³/mol. The van der Waals surface area contributed by atoms with Crippen molar-refractivity contribution in [2.24, 2.45) is 0 Å². The van der Waals surface area contributed by atoms with Crippen LogP contribution in [0.3, 0.4) is 0 Å². The molecule has 4 nitrogen and oxygen atoms in total. The van der Waals surface area contributed by atoms with Crippen molar-refractivity contribution >= 4 is 11.6 Å². The van der Waals surface area contributed by atoms with Gasteiger partial charge in [0.15, 0.2) is 0 Å². The SMILES string of the molecule is CC(C)(C)NCc1cc(OCC2CCCCO2)ncc1Cl. The van der Waals surface area contributed by atoms with Crippen molar-refractivity contribution < 1.29 is 9.47 Å². The topological polar surface area (TPSA) is 43.4 Å². The first-order valence-corrected chi connectivity index (χ1v) is 7.96. The van der Waals surface area contributed by atoms with Crippen molar-refractivity contribution in [2.75, 3.05) is 13.2 Å².